The van der Waals surface area contributed by atoms with Crippen molar-refractivity contribution in [2.45, 2.75) is 26.8 Å². The van der Waals surface area contributed by atoms with Gasteiger partial charge in [-0.1, -0.05) is 6.07 Å². The molecule has 0 fully saturated rings. The van der Waals surface area contributed by atoms with Crippen LogP contribution < -0.4 is 16.0 Å². The average Bonchev–Trinajstić information content (AvgIpc) is 2.28. The number of hydrogen-bond acceptors (Lipinski definition) is 2. The van der Waals surface area contributed by atoms with Crippen molar-refractivity contribution >= 4 is 17.6 Å². The van der Waals surface area contributed by atoms with Crippen LogP contribution in [0.15, 0.2) is 24.3 Å². The molecule has 5 nitrogen and oxygen atoms in total. The standard InChI is InChI=1S/C13H19N3O2/c1-4-14-12(17)10-6-5-7-11(8-10)16-13(18)15-9(2)3/h5-9H,4H2,1-3H3,(H,14,17)(H2,15,16,18). The van der Waals surface area contributed by atoms with Gasteiger partial charge in [0, 0.05) is 23.8 Å². The van der Waals surface area contributed by atoms with Gasteiger partial charge in [-0.25, -0.2) is 4.79 Å². The van der Waals surface area contributed by atoms with E-state index >= 15 is 0 Å². The fourth-order valence-electron chi connectivity index (χ4n) is 1.43. The Hall–Kier alpha value is -2.04. The lowest BCUT2D eigenvalue weighted by Crippen LogP contribution is -2.34. The molecule has 0 spiro atoms. The topological polar surface area (TPSA) is 70.2 Å². The molecule has 98 valence electrons. The number of rotatable bonds is 4. The Bertz CT molecular complexity index is 430. The highest BCUT2D eigenvalue weighted by atomic mass is 16.2. The van der Waals surface area contributed by atoms with E-state index < -0.39 is 0 Å². The van der Waals surface area contributed by atoms with Gasteiger partial charge in [-0.2, -0.15) is 0 Å². The zero-order valence-electron chi connectivity index (χ0n) is 10.9. The van der Waals surface area contributed by atoms with Crippen LogP contribution in [0.3, 0.4) is 0 Å². The predicted octanol–water partition coefficient (Wildman–Crippen LogP) is 1.97. The summed E-state index contributed by atoms with van der Waals surface area (Å²) >= 11 is 0. The van der Waals surface area contributed by atoms with Crippen LogP contribution in [0.5, 0.6) is 0 Å². The quantitative estimate of drug-likeness (QED) is 0.763. The zero-order valence-corrected chi connectivity index (χ0v) is 10.9. The van der Waals surface area contributed by atoms with Gasteiger partial charge < -0.3 is 16.0 Å². The molecule has 0 aromatic heterocycles. The number of carbonyl (C=O) groups is 2. The SMILES string of the molecule is CCNC(=O)c1cccc(NC(=O)NC(C)C)c1. The summed E-state index contributed by atoms with van der Waals surface area (Å²) in [5.41, 5.74) is 1.12. The Morgan fingerprint density at radius 3 is 2.61 bits per heavy atom. The van der Waals surface area contributed by atoms with E-state index in [0.717, 1.165) is 0 Å². The molecule has 1 aromatic rings. The number of carbonyl (C=O) groups excluding carboxylic acids is 2. The minimum Gasteiger partial charge on any atom is -0.352 e. The molecule has 0 radical (unpaired) electrons. The summed E-state index contributed by atoms with van der Waals surface area (Å²) in [5.74, 6) is -0.148. The van der Waals surface area contributed by atoms with E-state index in [1.54, 1.807) is 24.3 Å². The van der Waals surface area contributed by atoms with Gasteiger partial charge >= 0.3 is 6.03 Å². The molecular weight excluding hydrogens is 230 g/mol. The van der Waals surface area contributed by atoms with Crippen molar-refractivity contribution in [1.29, 1.82) is 0 Å². The van der Waals surface area contributed by atoms with E-state index in [1.165, 1.54) is 0 Å². The van der Waals surface area contributed by atoms with Crippen LogP contribution in [0.2, 0.25) is 0 Å². The molecule has 0 aliphatic carbocycles. The van der Waals surface area contributed by atoms with Gasteiger partial charge in [0.2, 0.25) is 0 Å². The molecule has 3 N–H and O–H groups in total. The second-order valence-electron chi connectivity index (χ2n) is 4.19. The molecule has 5 heteroatoms. The van der Waals surface area contributed by atoms with E-state index in [9.17, 15) is 9.59 Å². The van der Waals surface area contributed by atoms with Crippen molar-refractivity contribution in [3.63, 3.8) is 0 Å². The third-order valence-electron chi connectivity index (χ3n) is 2.14. The molecular formula is C13H19N3O2. The lowest BCUT2D eigenvalue weighted by atomic mass is 10.2. The van der Waals surface area contributed by atoms with Crippen molar-refractivity contribution in [3.05, 3.63) is 29.8 Å². The number of anilines is 1. The average molecular weight is 249 g/mol. The van der Waals surface area contributed by atoms with E-state index in [1.807, 2.05) is 20.8 Å². The van der Waals surface area contributed by atoms with Crippen molar-refractivity contribution in [1.82, 2.24) is 10.6 Å². The first-order chi connectivity index (χ1) is 8.52. The van der Waals surface area contributed by atoms with Crippen LogP contribution in [0, 0.1) is 0 Å². The van der Waals surface area contributed by atoms with Crippen molar-refractivity contribution in [3.8, 4) is 0 Å². The number of amides is 3. The third-order valence-corrected chi connectivity index (χ3v) is 2.14. The van der Waals surface area contributed by atoms with Crippen LogP contribution in [-0.4, -0.2) is 24.5 Å². The van der Waals surface area contributed by atoms with Crippen molar-refractivity contribution in [2.24, 2.45) is 0 Å². The summed E-state index contributed by atoms with van der Waals surface area (Å²) in [7, 11) is 0. The summed E-state index contributed by atoms with van der Waals surface area (Å²) in [6, 6.07) is 6.61. The Labute approximate surface area is 107 Å². The molecule has 0 saturated heterocycles. The van der Waals surface area contributed by atoms with Gasteiger partial charge in [-0.05, 0) is 39.0 Å². The summed E-state index contributed by atoms with van der Waals surface area (Å²) in [5, 5.41) is 8.10. The van der Waals surface area contributed by atoms with Gasteiger partial charge in [-0.3, -0.25) is 4.79 Å². The number of hydrogen-bond donors (Lipinski definition) is 3. The van der Waals surface area contributed by atoms with Crippen LogP contribution in [-0.2, 0) is 0 Å². The lowest BCUT2D eigenvalue weighted by molar-refractivity contribution is 0.0956. The largest absolute Gasteiger partial charge is 0.352 e. The maximum absolute atomic E-state index is 11.6. The Balaban J connectivity index is 2.70. The first-order valence-electron chi connectivity index (χ1n) is 5.98. The van der Waals surface area contributed by atoms with Crippen LogP contribution >= 0.6 is 0 Å². The number of urea groups is 1. The molecule has 0 atom stereocenters. The second kappa shape index (κ2) is 6.64. The fraction of sp³-hybridized carbons (Fsp3) is 0.385. The van der Waals surface area contributed by atoms with Crippen LogP contribution in [0.4, 0.5) is 10.5 Å². The molecule has 1 rings (SSSR count). The van der Waals surface area contributed by atoms with E-state index in [4.69, 9.17) is 0 Å². The number of benzene rings is 1. The van der Waals surface area contributed by atoms with Gasteiger partial charge in [0.25, 0.3) is 5.91 Å². The highest BCUT2D eigenvalue weighted by Crippen LogP contribution is 2.10. The van der Waals surface area contributed by atoms with Crippen LogP contribution in [0.1, 0.15) is 31.1 Å². The van der Waals surface area contributed by atoms with E-state index in [0.29, 0.717) is 17.8 Å². The Morgan fingerprint density at radius 1 is 1.28 bits per heavy atom. The van der Waals surface area contributed by atoms with Crippen molar-refractivity contribution < 1.29 is 9.59 Å². The normalized spacial score (nSPS) is 10.0. The monoisotopic (exact) mass is 249 g/mol. The Kier molecular flexibility index (Phi) is 5.17. The van der Waals surface area contributed by atoms with Gasteiger partial charge in [0.15, 0.2) is 0 Å². The zero-order chi connectivity index (χ0) is 13.5. The first kappa shape index (κ1) is 14.0. The first-order valence-corrected chi connectivity index (χ1v) is 5.98. The highest BCUT2D eigenvalue weighted by molar-refractivity contribution is 5.96. The van der Waals surface area contributed by atoms with Crippen LogP contribution in [0.25, 0.3) is 0 Å². The maximum atomic E-state index is 11.6. The van der Waals surface area contributed by atoms with E-state index in [2.05, 4.69) is 16.0 Å². The molecule has 0 saturated carbocycles. The fourth-order valence-corrected chi connectivity index (χ4v) is 1.43. The highest BCUT2D eigenvalue weighted by Gasteiger charge is 2.07. The molecule has 0 aliphatic rings. The molecule has 18 heavy (non-hydrogen) atoms. The van der Waals surface area contributed by atoms with Gasteiger partial charge in [0.05, 0.1) is 0 Å². The summed E-state index contributed by atoms with van der Waals surface area (Å²) < 4.78 is 0. The maximum Gasteiger partial charge on any atom is 0.319 e. The predicted molar refractivity (Wildman–Crippen MR) is 71.7 cm³/mol. The number of nitrogens with one attached hydrogen (secondary N) is 3. The minimum atomic E-state index is -0.280. The molecule has 0 aliphatic heterocycles. The van der Waals surface area contributed by atoms with E-state index in [-0.39, 0.29) is 18.0 Å². The summed E-state index contributed by atoms with van der Waals surface area (Å²) in [6.07, 6.45) is 0. The third kappa shape index (κ3) is 4.45. The molecule has 0 unspecified atom stereocenters. The summed E-state index contributed by atoms with van der Waals surface area (Å²) in [4.78, 5) is 23.1. The minimum absolute atomic E-state index is 0.0663. The van der Waals surface area contributed by atoms with Gasteiger partial charge in [-0.15, -0.1) is 0 Å². The summed E-state index contributed by atoms with van der Waals surface area (Å²) in [6.45, 7) is 6.19. The second-order valence-corrected chi connectivity index (χ2v) is 4.19. The molecule has 3 amide bonds. The molecule has 1 aromatic carbocycles. The molecule has 0 bridgehead atoms. The molecule has 0 heterocycles. The smallest absolute Gasteiger partial charge is 0.319 e. The lowest BCUT2D eigenvalue weighted by Gasteiger charge is -2.11. The van der Waals surface area contributed by atoms with Gasteiger partial charge in [0.1, 0.15) is 0 Å². The van der Waals surface area contributed by atoms with Crippen molar-refractivity contribution in [2.75, 3.05) is 11.9 Å². The Morgan fingerprint density at radius 2 is 2.00 bits per heavy atom.